The van der Waals surface area contributed by atoms with E-state index < -0.39 is 15.2 Å². The summed E-state index contributed by atoms with van der Waals surface area (Å²) in [6.07, 6.45) is 0.381. The first-order valence-corrected chi connectivity index (χ1v) is 6.61. The van der Waals surface area contributed by atoms with Crippen LogP contribution in [0.3, 0.4) is 0 Å². The average Bonchev–Trinajstić information content (AvgIpc) is 2.78. The lowest BCUT2D eigenvalue weighted by Gasteiger charge is -2.05. The maximum absolute atomic E-state index is 11.0. The van der Waals surface area contributed by atoms with Crippen molar-refractivity contribution in [1.29, 1.82) is 0 Å². The lowest BCUT2D eigenvalue weighted by atomic mass is 10.1. The molecular formula is C10H12N4O3S. The average molecular weight is 268 g/mol. The van der Waals surface area contributed by atoms with Gasteiger partial charge >= 0.3 is 0 Å². The molecule has 1 heterocycles. The molecule has 8 heteroatoms. The summed E-state index contributed by atoms with van der Waals surface area (Å²) in [5.41, 5.74) is 0.872. The number of para-hydroxylation sites is 1. The minimum absolute atomic E-state index is 0.381. The molecule has 0 aliphatic heterocycles. The number of hydrogen-bond acceptors (Lipinski definition) is 5. The maximum atomic E-state index is 11.0. The van der Waals surface area contributed by atoms with Crippen molar-refractivity contribution in [2.24, 2.45) is 5.14 Å². The van der Waals surface area contributed by atoms with Crippen molar-refractivity contribution in [3.8, 4) is 5.75 Å². The van der Waals surface area contributed by atoms with E-state index in [0.29, 0.717) is 18.0 Å². The molecule has 2 rings (SSSR count). The quantitative estimate of drug-likeness (QED) is 0.814. The second-order valence-electron chi connectivity index (χ2n) is 3.60. The molecule has 2 aromatic rings. The third-order valence-corrected chi connectivity index (χ3v) is 3.01. The van der Waals surface area contributed by atoms with Gasteiger partial charge in [-0.15, -0.1) is 5.10 Å². The summed E-state index contributed by atoms with van der Waals surface area (Å²) in [5, 5.41) is 10.6. The first kappa shape index (κ1) is 12.5. The molecule has 0 spiro atoms. The number of methoxy groups -OCH3 is 1. The van der Waals surface area contributed by atoms with E-state index in [9.17, 15) is 8.42 Å². The fourth-order valence-electron chi connectivity index (χ4n) is 1.51. The molecule has 3 N–H and O–H groups in total. The summed E-state index contributed by atoms with van der Waals surface area (Å²) < 4.78 is 27.2. The highest BCUT2D eigenvalue weighted by atomic mass is 32.2. The summed E-state index contributed by atoms with van der Waals surface area (Å²) in [7, 11) is -2.31. The Morgan fingerprint density at radius 1 is 1.39 bits per heavy atom. The van der Waals surface area contributed by atoms with Crippen LogP contribution in [-0.4, -0.2) is 30.7 Å². The predicted molar refractivity (Wildman–Crippen MR) is 63.6 cm³/mol. The molecule has 0 atom stereocenters. The second kappa shape index (κ2) is 4.75. The number of H-pyrrole nitrogens is 1. The number of aromatic amines is 1. The minimum atomic E-state index is -3.87. The van der Waals surface area contributed by atoms with Crippen molar-refractivity contribution >= 4 is 10.0 Å². The van der Waals surface area contributed by atoms with Crippen LogP contribution in [-0.2, 0) is 16.4 Å². The van der Waals surface area contributed by atoms with Crippen LogP contribution in [0, 0.1) is 0 Å². The molecule has 7 nitrogen and oxygen atoms in total. The van der Waals surface area contributed by atoms with Crippen molar-refractivity contribution in [3.63, 3.8) is 0 Å². The van der Waals surface area contributed by atoms with Gasteiger partial charge in [0.1, 0.15) is 11.6 Å². The Balaban J connectivity index is 2.27. The van der Waals surface area contributed by atoms with Crippen LogP contribution in [0.5, 0.6) is 5.75 Å². The predicted octanol–water partition coefficient (Wildman–Crippen LogP) is 0.0515. The number of sulfonamides is 1. The molecule has 1 aromatic carbocycles. The molecule has 96 valence electrons. The molecule has 0 unspecified atom stereocenters. The monoisotopic (exact) mass is 268 g/mol. The van der Waals surface area contributed by atoms with E-state index in [1.165, 1.54) is 0 Å². The maximum Gasteiger partial charge on any atom is 0.282 e. The SMILES string of the molecule is COc1ccccc1Cc1nc(S(N)(=O)=O)n[nH]1. The van der Waals surface area contributed by atoms with Crippen LogP contribution in [0.25, 0.3) is 0 Å². The van der Waals surface area contributed by atoms with Crippen LogP contribution in [0.2, 0.25) is 0 Å². The molecule has 18 heavy (non-hydrogen) atoms. The van der Waals surface area contributed by atoms with Gasteiger partial charge in [0.05, 0.1) is 7.11 Å². The minimum Gasteiger partial charge on any atom is -0.496 e. The van der Waals surface area contributed by atoms with Gasteiger partial charge in [0.2, 0.25) is 0 Å². The number of benzene rings is 1. The Morgan fingerprint density at radius 2 is 2.11 bits per heavy atom. The topological polar surface area (TPSA) is 111 Å². The largest absolute Gasteiger partial charge is 0.496 e. The van der Waals surface area contributed by atoms with Gasteiger partial charge in [0.25, 0.3) is 15.2 Å². The number of aromatic nitrogens is 3. The van der Waals surface area contributed by atoms with E-state index in [1.54, 1.807) is 7.11 Å². The standard InChI is InChI=1S/C10H12N4O3S/c1-17-8-5-3-2-4-7(8)6-9-12-10(14-13-9)18(11,15)16/h2-5H,6H2,1H3,(H2,11,15,16)(H,12,13,14). The Kier molecular flexibility index (Phi) is 3.30. The van der Waals surface area contributed by atoms with Gasteiger partial charge in [-0.3, -0.25) is 5.10 Å². The zero-order chi connectivity index (χ0) is 13.2. The van der Waals surface area contributed by atoms with Crippen LogP contribution in [0.4, 0.5) is 0 Å². The van der Waals surface area contributed by atoms with E-state index in [-0.39, 0.29) is 0 Å². The first-order valence-electron chi connectivity index (χ1n) is 5.06. The Bertz CT molecular complexity index is 651. The highest BCUT2D eigenvalue weighted by molar-refractivity contribution is 7.89. The summed E-state index contributed by atoms with van der Waals surface area (Å²) in [5.74, 6) is 1.11. The van der Waals surface area contributed by atoms with E-state index in [0.717, 1.165) is 5.56 Å². The first-order chi connectivity index (χ1) is 8.50. The van der Waals surface area contributed by atoms with E-state index in [4.69, 9.17) is 9.88 Å². The Labute approximate surface area is 104 Å². The number of hydrogen-bond donors (Lipinski definition) is 2. The van der Waals surface area contributed by atoms with E-state index in [1.807, 2.05) is 24.3 Å². The summed E-state index contributed by atoms with van der Waals surface area (Å²) >= 11 is 0. The molecule has 0 aliphatic carbocycles. The Hall–Kier alpha value is -1.93. The number of primary sulfonamides is 1. The fraction of sp³-hybridized carbons (Fsp3) is 0.200. The lowest BCUT2D eigenvalue weighted by molar-refractivity contribution is 0.410. The van der Waals surface area contributed by atoms with Gasteiger partial charge < -0.3 is 4.74 Å². The van der Waals surface area contributed by atoms with Crippen molar-refractivity contribution in [1.82, 2.24) is 15.2 Å². The Morgan fingerprint density at radius 3 is 2.72 bits per heavy atom. The van der Waals surface area contributed by atoms with Crippen molar-refractivity contribution < 1.29 is 13.2 Å². The summed E-state index contributed by atoms with van der Waals surface area (Å²) in [6.45, 7) is 0. The molecular weight excluding hydrogens is 256 g/mol. The molecule has 0 radical (unpaired) electrons. The van der Waals surface area contributed by atoms with E-state index in [2.05, 4.69) is 15.2 Å². The van der Waals surface area contributed by atoms with Gasteiger partial charge in [-0.25, -0.2) is 18.5 Å². The second-order valence-corrected chi connectivity index (χ2v) is 5.05. The zero-order valence-corrected chi connectivity index (χ0v) is 10.4. The van der Waals surface area contributed by atoms with Gasteiger partial charge in [0.15, 0.2) is 0 Å². The number of nitrogens with one attached hydrogen (secondary N) is 1. The van der Waals surface area contributed by atoms with Gasteiger partial charge in [-0.2, -0.15) is 0 Å². The van der Waals surface area contributed by atoms with E-state index >= 15 is 0 Å². The van der Waals surface area contributed by atoms with Gasteiger partial charge in [-0.1, -0.05) is 18.2 Å². The number of rotatable bonds is 4. The molecule has 0 aliphatic rings. The highest BCUT2D eigenvalue weighted by Gasteiger charge is 2.15. The molecule has 1 aromatic heterocycles. The fourth-order valence-corrected chi connectivity index (χ4v) is 1.92. The van der Waals surface area contributed by atoms with Crippen LogP contribution < -0.4 is 9.88 Å². The summed E-state index contributed by atoms with van der Waals surface area (Å²) in [6, 6.07) is 7.37. The van der Waals surface area contributed by atoms with Gasteiger partial charge in [-0.05, 0) is 6.07 Å². The van der Waals surface area contributed by atoms with Crippen molar-refractivity contribution in [2.45, 2.75) is 11.6 Å². The lowest BCUT2D eigenvalue weighted by Crippen LogP contribution is -2.14. The molecule has 0 bridgehead atoms. The normalized spacial score (nSPS) is 11.4. The molecule has 0 saturated heterocycles. The van der Waals surface area contributed by atoms with Crippen molar-refractivity contribution in [3.05, 3.63) is 35.7 Å². The highest BCUT2D eigenvalue weighted by Crippen LogP contribution is 2.19. The molecule has 0 fully saturated rings. The van der Waals surface area contributed by atoms with Crippen LogP contribution >= 0.6 is 0 Å². The summed E-state index contributed by atoms with van der Waals surface area (Å²) in [4.78, 5) is 3.82. The number of ether oxygens (including phenoxy) is 1. The third kappa shape index (κ3) is 2.66. The molecule has 0 saturated carbocycles. The molecule has 0 amide bonds. The zero-order valence-electron chi connectivity index (χ0n) is 9.62. The van der Waals surface area contributed by atoms with Gasteiger partial charge in [0, 0.05) is 12.0 Å². The van der Waals surface area contributed by atoms with Crippen LogP contribution in [0.15, 0.2) is 29.4 Å². The van der Waals surface area contributed by atoms with Crippen molar-refractivity contribution in [2.75, 3.05) is 7.11 Å². The smallest absolute Gasteiger partial charge is 0.282 e. The number of nitrogens with two attached hydrogens (primary N) is 1. The third-order valence-electron chi connectivity index (χ3n) is 2.32. The number of nitrogens with zero attached hydrogens (tertiary/aromatic N) is 2. The van der Waals surface area contributed by atoms with Crippen LogP contribution in [0.1, 0.15) is 11.4 Å².